The fourth-order valence-corrected chi connectivity index (χ4v) is 3.57. The molecule has 5 heteroatoms. The highest BCUT2D eigenvalue weighted by Crippen LogP contribution is 2.41. The van der Waals surface area contributed by atoms with Crippen molar-refractivity contribution < 1.29 is 14.0 Å². The summed E-state index contributed by atoms with van der Waals surface area (Å²) in [6.45, 7) is 6.80. The summed E-state index contributed by atoms with van der Waals surface area (Å²) in [5, 5.41) is 0. The molecule has 0 radical (unpaired) electrons. The Bertz CT molecular complexity index is 556. The highest BCUT2D eigenvalue weighted by atomic mass is 16.3. The standard InChI is InChI=1S/C16H22N2O3/c1-3-17-8-5-16(15(17)20)6-9-18(10-7-16)14(19)13-4-11-21-12(13)2/h4,11H,3,5-10H2,1-2H3. The molecule has 1 spiro atoms. The Hall–Kier alpha value is -1.78. The largest absolute Gasteiger partial charge is 0.469 e. The van der Waals surface area contributed by atoms with Gasteiger partial charge in [0.05, 0.1) is 17.2 Å². The van der Waals surface area contributed by atoms with E-state index in [0.29, 0.717) is 24.4 Å². The Balaban J connectivity index is 1.67. The Labute approximate surface area is 124 Å². The summed E-state index contributed by atoms with van der Waals surface area (Å²) < 4.78 is 5.21. The first-order valence-electron chi connectivity index (χ1n) is 7.70. The van der Waals surface area contributed by atoms with Crippen LogP contribution in [0.4, 0.5) is 0 Å². The number of likely N-dealkylation sites (tertiary alicyclic amines) is 2. The van der Waals surface area contributed by atoms with Crippen LogP contribution in [-0.2, 0) is 4.79 Å². The number of carbonyl (C=O) groups is 2. The highest BCUT2D eigenvalue weighted by Gasteiger charge is 2.48. The fourth-order valence-electron chi connectivity index (χ4n) is 3.57. The van der Waals surface area contributed by atoms with Crippen LogP contribution in [0.5, 0.6) is 0 Å². The first-order valence-corrected chi connectivity index (χ1v) is 7.70. The predicted molar refractivity (Wildman–Crippen MR) is 77.9 cm³/mol. The van der Waals surface area contributed by atoms with E-state index in [4.69, 9.17) is 4.42 Å². The first kappa shape index (κ1) is 14.2. The van der Waals surface area contributed by atoms with Crippen LogP contribution in [0, 0.1) is 12.3 Å². The molecule has 2 aliphatic heterocycles. The zero-order valence-electron chi connectivity index (χ0n) is 12.7. The molecule has 2 amide bonds. The van der Waals surface area contributed by atoms with Crippen LogP contribution in [0.1, 0.15) is 42.3 Å². The fraction of sp³-hybridized carbons (Fsp3) is 0.625. The van der Waals surface area contributed by atoms with Crippen LogP contribution in [0.15, 0.2) is 16.7 Å². The van der Waals surface area contributed by atoms with E-state index < -0.39 is 0 Å². The molecule has 2 fully saturated rings. The molecule has 0 aromatic carbocycles. The van der Waals surface area contributed by atoms with E-state index >= 15 is 0 Å². The van der Waals surface area contributed by atoms with E-state index in [1.165, 1.54) is 0 Å². The molecule has 0 saturated carbocycles. The van der Waals surface area contributed by atoms with Crippen molar-refractivity contribution in [2.45, 2.75) is 33.1 Å². The lowest BCUT2D eigenvalue weighted by molar-refractivity contribution is -0.137. The van der Waals surface area contributed by atoms with Crippen molar-refractivity contribution in [1.29, 1.82) is 0 Å². The monoisotopic (exact) mass is 290 g/mol. The number of furan rings is 1. The van der Waals surface area contributed by atoms with Crippen LogP contribution in [0.25, 0.3) is 0 Å². The molecule has 114 valence electrons. The summed E-state index contributed by atoms with van der Waals surface area (Å²) in [6.07, 6.45) is 4.05. The second-order valence-corrected chi connectivity index (χ2v) is 6.10. The van der Waals surface area contributed by atoms with Crippen molar-refractivity contribution in [1.82, 2.24) is 9.80 Å². The van der Waals surface area contributed by atoms with E-state index in [1.807, 2.05) is 16.7 Å². The molecule has 0 unspecified atom stereocenters. The number of aryl methyl sites for hydroxylation is 1. The SMILES string of the molecule is CCN1CCC2(CCN(C(=O)c3ccoc3C)CC2)C1=O. The van der Waals surface area contributed by atoms with Crippen molar-refractivity contribution in [2.24, 2.45) is 5.41 Å². The van der Waals surface area contributed by atoms with Gasteiger partial charge in [0.1, 0.15) is 5.76 Å². The van der Waals surface area contributed by atoms with Gasteiger partial charge in [0.2, 0.25) is 5.91 Å². The van der Waals surface area contributed by atoms with E-state index in [2.05, 4.69) is 0 Å². The predicted octanol–water partition coefficient (Wildman–Crippen LogP) is 2.06. The maximum atomic E-state index is 12.5. The maximum absolute atomic E-state index is 12.5. The summed E-state index contributed by atoms with van der Waals surface area (Å²) in [5.41, 5.74) is 0.428. The molecule has 21 heavy (non-hydrogen) atoms. The molecule has 1 aromatic heterocycles. The maximum Gasteiger partial charge on any atom is 0.257 e. The molecule has 0 bridgehead atoms. The minimum atomic E-state index is -0.210. The molecular formula is C16H22N2O3. The van der Waals surface area contributed by atoms with Crippen LogP contribution >= 0.6 is 0 Å². The molecule has 5 nitrogen and oxygen atoms in total. The van der Waals surface area contributed by atoms with Crippen molar-refractivity contribution in [3.63, 3.8) is 0 Å². The summed E-state index contributed by atoms with van der Waals surface area (Å²) >= 11 is 0. The number of nitrogens with zero attached hydrogens (tertiary/aromatic N) is 2. The molecule has 0 N–H and O–H groups in total. The average Bonchev–Trinajstić information content (AvgIpc) is 3.05. The smallest absolute Gasteiger partial charge is 0.257 e. The zero-order valence-corrected chi connectivity index (χ0v) is 12.7. The summed E-state index contributed by atoms with van der Waals surface area (Å²) in [4.78, 5) is 28.7. The molecule has 3 heterocycles. The number of hydrogen-bond acceptors (Lipinski definition) is 3. The molecule has 2 saturated heterocycles. The molecule has 0 aliphatic carbocycles. The van der Waals surface area contributed by atoms with Crippen molar-refractivity contribution >= 4 is 11.8 Å². The van der Waals surface area contributed by atoms with Gasteiger partial charge in [-0.15, -0.1) is 0 Å². The van der Waals surface area contributed by atoms with Crippen LogP contribution in [-0.4, -0.2) is 47.8 Å². The molecule has 1 aromatic rings. The number of amides is 2. The van der Waals surface area contributed by atoms with Gasteiger partial charge in [-0.05, 0) is 39.2 Å². The number of rotatable bonds is 2. The summed E-state index contributed by atoms with van der Waals surface area (Å²) in [7, 11) is 0. The number of piperidine rings is 1. The number of carbonyl (C=O) groups excluding carboxylic acids is 2. The summed E-state index contributed by atoms with van der Waals surface area (Å²) in [5.74, 6) is 0.972. The minimum absolute atomic E-state index is 0.0221. The van der Waals surface area contributed by atoms with E-state index in [1.54, 1.807) is 19.3 Å². The normalized spacial score (nSPS) is 21.3. The molecule has 2 aliphatic rings. The van der Waals surface area contributed by atoms with Crippen LogP contribution in [0.3, 0.4) is 0 Å². The van der Waals surface area contributed by atoms with E-state index in [0.717, 1.165) is 32.4 Å². The Morgan fingerprint density at radius 3 is 2.48 bits per heavy atom. The molecule has 3 rings (SSSR count). The van der Waals surface area contributed by atoms with Gasteiger partial charge in [-0.1, -0.05) is 0 Å². The highest BCUT2D eigenvalue weighted by molar-refractivity contribution is 5.95. The van der Waals surface area contributed by atoms with Crippen LogP contribution in [0.2, 0.25) is 0 Å². The third kappa shape index (κ3) is 2.24. The van der Waals surface area contributed by atoms with Crippen molar-refractivity contribution in [3.8, 4) is 0 Å². The molecular weight excluding hydrogens is 268 g/mol. The third-order valence-corrected chi connectivity index (χ3v) is 5.08. The minimum Gasteiger partial charge on any atom is -0.469 e. The third-order valence-electron chi connectivity index (χ3n) is 5.08. The van der Waals surface area contributed by atoms with Gasteiger partial charge in [0.25, 0.3) is 5.91 Å². The first-order chi connectivity index (χ1) is 10.1. The van der Waals surface area contributed by atoms with Gasteiger partial charge in [-0.25, -0.2) is 0 Å². The lowest BCUT2D eigenvalue weighted by Gasteiger charge is -2.37. The Morgan fingerprint density at radius 2 is 1.95 bits per heavy atom. The van der Waals surface area contributed by atoms with E-state index in [9.17, 15) is 9.59 Å². The average molecular weight is 290 g/mol. The second kappa shape index (κ2) is 5.20. The Kier molecular flexibility index (Phi) is 3.51. The second-order valence-electron chi connectivity index (χ2n) is 6.10. The topological polar surface area (TPSA) is 53.8 Å². The van der Waals surface area contributed by atoms with Crippen LogP contribution < -0.4 is 0 Å². The summed E-state index contributed by atoms with van der Waals surface area (Å²) in [6, 6.07) is 1.72. The van der Waals surface area contributed by atoms with Gasteiger partial charge in [0, 0.05) is 26.2 Å². The van der Waals surface area contributed by atoms with Gasteiger partial charge in [-0.2, -0.15) is 0 Å². The van der Waals surface area contributed by atoms with Crippen molar-refractivity contribution in [2.75, 3.05) is 26.2 Å². The van der Waals surface area contributed by atoms with Gasteiger partial charge in [0.15, 0.2) is 0 Å². The van der Waals surface area contributed by atoms with Gasteiger partial charge < -0.3 is 14.2 Å². The lowest BCUT2D eigenvalue weighted by Crippen LogP contribution is -2.46. The quantitative estimate of drug-likeness (QED) is 0.838. The zero-order chi connectivity index (χ0) is 15.0. The van der Waals surface area contributed by atoms with Crippen molar-refractivity contribution in [3.05, 3.63) is 23.7 Å². The van der Waals surface area contributed by atoms with Gasteiger partial charge in [-0.3, -0.25) is 9.59 Å². The molecule has 0 atom stereocenters. The lowest BCUT2D eigenvalue weighted by atomic mass is 9.77. The Morgan fingerprint density at radius 1 is 1.29 bits per heavy atom. The van der Waals surface area contributed by atoms with E-state index in [-0.39, 0.29) is 17.2 Å². The van der Waals surface area contributed by atoms with Gasteiger partial charge >= 0.3 is 0 Å². The number of hydrogen-bond donors (Lipinski definition) is 0.